The van der Waals surface area contributed by atoms with Crippen molar-refractivity contribution in [1.29, 1.82) is 0 Å². The topological polar surface area (TPSA) is 77.2 Å². The maximum Gasteiger partial charge on any atom is 0.255 e. The number of anilines is 1. The highest BCUT2D eigenvalue weighted by Crippen LogP contribution is 2.36. The molecule has 3 N–H and O–H groups in total. The number of aromatic nitrogens is 1. The maximum absolute atomic E-state index is 12.4. The molecule has 1 saturated heterocycles. The number of nitrogens with zero attached hydrogens (tertiary/aromatic N) is 1. The third kappa shape index (κ3) is 4.58. The van der Waals surface area contributed by atoms with E-state index in [9.17, 15) is 4.79 Å². The van der Waals surface area contributed by atoms with Crippen LogP contribution in [0.15, 0.2) is 30.3 Å². The molecular weight excluding hydrogens is 358 g/mol. The summed E-state index contributed by atoms with van der Waals surface area (Å²) in [6, 6.07) is 10.1. The molecule has 5 nitrogen and oxygen atoms in total. The molecule has 0 bridgehead atoms. The van der Waals surface area contributed by atoms with Gasteiger partial charge in [0.15, 0.2) is 5.13 Å². The van der Waals surface area contributed by atoms with Crippen molar-refractivity contribution in [1.82, 2.24) is 4.98 Å². The normalized spacial score (nSPS) is 19.7. The van der Waals surface area contributed by atoms with Gasteiger partial charge in [-0.15, -0.1) is 23.7 Å². The molecule has 1 amide bonds. The second-order valence-electron chi connectivity index (χ2n) is 6.30. The first kappa shape index (κ1) is 19.8. The Morgan fingerprint density at radius 3 is 2.68 bits per heavy atom. The van der Waals surface area contributed by atoms with E-state index in [2.05, 4.69) is 24.1 Å². The van der Waals surface area contributed by atoms with Crippen LogP contribution in [0.25, 0.3) is 11.3 Å². The highest BCUT2D eigenvalue weighted by Gasteiger charge is 2.30. The SMILES string of the molecule is CC(C)c1sc(NC(=O)[C@@H]2CC[C@H](CN)O2)nc1-c1ccccc1.Cl. The molecule has 1 aromatic carbocycles. The quantitative estimate of drug-likeness (QED) is 0.825. The van der Waals surface area contributed by atoms with Crippen LogP contribution in [0, 0.1) is 0 Å². The fraction of sp³-hybridized carbons (Fsp3) is 0.444. The van der Waals surface area contributed by atoms with Gasteiger partial charge in [-0.2, -0.15) is 0 Å². The largest absolute Gasteiger partial charge is 0.364 e. The molecule has 0 aliphatic carbocycles. The summed E-state index contributed by atoms with van der Waals surface area (Å²) in [5.74, 6) is 0.210. The zero-order chi connectivity index (χ0) is 17.1. The van der Waals surface area contributed by atoms with Crippen LogP contribution in [0.1, 0.15) is 37.5 Å². The maximum atomic E-state index is 12.4. The van der Waals surface area contributed by atoms with Crippen LogP contribution in [-0.4, -0.2) is 29.6 Å². The molecule has 0 spiro atoms. The van der Waals surface area contributed by atoms with Crippen molar-refractivity contribution < 1.29 is 9.53 Å². The zero-order valence-electron chi connectivity index (χ0n) is 14.4. The number of hydrogen-bond donors (Lipinski definition) is 2. The number of carbonyl (C=O) groups is 1. The molecule has 25 heavy (non-hydrogen) atoms. The molecule has 2 heterocycles. The highest BCUT2D eigenvalue weighted by molar-refractivity contribution is 7.16. The van der Waals surface area contributed by atoms with Gasteiger partial charge in [0, 0.05) is 17.0 Å². The number of nitrogens with one attached hydrogen (secondary N) is 1. The van der Waals surface area contributed by atoms with E-state index < -0.39 is 6.10 Å². The van der Waals surface area contributed by atoms with Crippen molar-refractivity contribution in [2.45, 2.75) is 44.8 Å². The molecule has 2 aromatic rings. The van der Waals surface area contributed by atoms with E-state index >= 15 is 0 Å². The summed E-state index contributed by atoms with van der Waals surface area (Å²) in [5.41, 5.74) is 7.61. The number of halogens is 1. The molecule has 2 atom stereocenters. The lowest BCUT2D eigenvalue weighted by molar-refractivity contribution is -0.126. The number of benzene rings is 1. The van der Waals surface area contributed by atoms with E-state index in [-0.39, 0.29) is 24.4 Å². The second kappa shape index (κ2) is 8.76. The zero-order valence-corrected chi connectivity index (χ0v) is 16.0. The monoisotopic (exact) mass is 381 g/mol. The van der Waals surface area contributed by atoms with Gasteiger partial charge in [-0.25, -0.2) is 4.98 Å². The Bertz CT molecular complexity index is 706. The van der Waals surface area contributed by atoms with Crippen molar-refractivity contribution in [3.63, 3.8) is 0 Å². The molecule has 0 saturated carbocycles. The van der Waals surface area contributed by atoms with Gasteiger partial charge in [-0.1, -0.05) is 44.2 Å². The smallest absolute Gasteiger partial charge is 0.255 e. The standard InChI is InChI=1S/C18H23N3O2S.ClH/c1-11(2)16-15(12-6-4-3-5-7-12)20-18(24-16)21-17(22)14-9-8-13(10-19)23-14;/h3-7,11,13-14H,8-10,19H2,1-2H3,(H,20,21,22);1H/t13-,14+;/m1./s1. The molecule has 1 fully saturated rings. The Morgan fingerprint density at radius 2 is 2.08 bits per heavy atom. The molecule has 0 radical (unpaired) electrons. The summed E-state index contributed by atoms with van der Waals surface area (Å²) in [5, 5.41) is 3.54. The summed E-state index contributed by atoms with van der Waals surface area (Å²) >= 11 is 1.53. The Hall–Kier alpha value is -1.47. The first-order chi connectivity index (χ1) is 11.6. The lowest BCUT2D eigenvalue weighted by Gasteiger charge is -2.11. The van der Waals surface area contributed by atoms with E-state index in [1.807, 2.05) is 30.3 Å². The Labute approximate surface area is 158 Å². The first-order valence-corrected chi connectivity index (χ1v) is 9.12. The van der Waals surface area contributed by atoms with Gasteiger partial charge in [-0.3, -0.25) is 10.1 Å². The third-order valence-corrected chi connectivity index (χ3v) is 5.39. The average molecular weight is 382 g/mol. The minimum atomic E-state index is -0.426. The van der Waals surface area contributed by atoms with Crippen molar-refractivity contribution >= 4 is 34.8 Å². The molecule has 1 aromatic heterocycles. The number of nitrogens with two attached hydrogens (primary N) is 1. The van der Waals surface area contributed by atoms with Gasteiger partial charge >= 0.3 is 0 Å². The molecule has 3 rings (SSSR count). The molecule has 1 aliphatic heterocycles. The predicted molar refractivity (Wildman–Crippen MR) is 104 cm³/mol. The highest BCUT2D eigenvalue weighted by atomic mass is 35.5. The van der Waals surface area contributed by atoms with Gasteiger partial charge < -0.3 is 10.5 Å². The van der Waals surface area contributed by atoms with E-state index in [1.54, 1.807) is 0 Å². The summed E-state index contributed by atoms with van der Waals surface area (Å²) in [4.78, 5) is 18.2. The molecule has 7 heteroatoms. The van der Waals surface area contributed by atoms with Gasteiger partial charge in [0.2, 0.25) is 0 Å². The van der Waals surface area contributed by atoms with Gasteiger partial charge in [0.1, 0.15) is 6.10 Å². The van der Waals surface area contributed by atoms with E-state index in [1.165, 1.54) is 16.2 Å². The number of thiazole rings is 1. The summed E-state index contributed by atoms with van der Waals surface area (Å²) < 4.78 is 5.65. The van der Waals surface area contributed by atoms with Crippen LogP contribution in [0.5, 0.6) is 0 Å². The van der Waals surface area contributed by atoms with Crippen LogP contribution in [0.3, 0.4) is 0 Å². The number of carbonyl (C=O) groups excluding carboxylic acids is 1. The van der Waals surface area contributed by atoms with Crippen molar-refractivity contribution in [2.24, 2.45) is 5.73 Å². The molecule has 0 unspecified atom stereocenters. The third-order valence-electron chi connectivity index (χ3n) is 4.12. The predicted octanol–water partition coefficient (Wildman–Crippen LogP) is 3.80. The van der Waals surface area contributed by atoms with Crippen molar-refractivity contribution in [3.8, 4) is 11.3 Å². The molecule has 136 valence electrons. The minimum Gasteiger partial charge on any atom is -0.364 e. The molecule has 1 aliphatic rings. The van der Waals surface area contributed by atoms with Crippen molar-refractivity contribution in [2.75, 3.05) is 11.9 Å². The van der Waals surface area contributed by atoms with Gasteiger partial charge in [-0.05, 0) is 18.8 Å². The Kier molecular flexibility index (Phi) is 6.95. The van der Waals surface area contributed by atoms with Crippen molar-refractivity contribution in [3.05, 3.63) is 35.2 Å². The lowest BCUT2D eigenvalue weighted by atomic mass is 10.1. The van der Waals surface area contributed by atoms with E-state index in [0.717, 1.165) is 17.7 Å². The lowest BCUT2D eigenvalue weighted by Crippen LogP contribution is -2.29. The van der Waals surface area contributed by atoms with Crippen LogP contribution in [0.4, 0.5) is 5.13 Å². The Balaban J connectivity index is 0.00000225. The first-order valence-electron chi connectivity index (χ1n) is 8.31. The fourth-order valence-corrected chi connectivity index (χ4v) is 3.83. The minimum absolute atomic E-state index is 0. The summed E-state index contributed by atoms with van der Waals surface area (Å²) in [6.07, 6.45) is 1.11. The van der Waals surface area contributed by atoms with Gasteiger partial charge in [0.25, 0.3) is 5.91 Å². The summed E-state index contributed by atoms with van der Waals surface area (Å²) in [7, 11) is 0. The summed E-state index contributed by atoms with van der Waals surface area (Å²) in [6.45, 7) is 4.73. The molecular formula is C18H24ClN3O2S. The van der Waals surface area contributed by atoms with Crippen LogP contribution in [-0.2, 0) is 9.53 Å². The van der Waals surface area contributed by atoms with Gasteiger partial charge in [0.05, 0.1) is 11.8 Å². The van der Waals surface area contributed by atoms with Crippen LogP contribution in [0.2, 0.25) is 0 Å². The Morgan fingerprint density at radius 1 is 1.36 bits per heavy atom. The van der Waals surface area contributed by atoms with E-state index in [4.69, 9.17) is 10.5 Å². The fourth-order valence-electron chi connectivity index (χ4n) is 2.84. The average Bonchev–Trinajstić information content (AvgIpc) is 3.22. The van der Waals surface area contributed by atoms with E-state index in [0.29, 0.717) is 24.0 Å². The second-order valence-corrected chi connectivity index (χ2v) is 7.33. The number of amides is 1. The van der Waals surface area contributed by atoms with Crippen LogP contribution >= 0.6 is 23.7 Å². The number of hydrogen-bond acceptors (Lipinski definition) is 5. The number of rotatable bonds is 5. The van der Waals surface area contributed by atoms with Crippen LogP contribution < -0.4 is 11.1 Å². The number of ether oxygens (including phenoxy) is 1.